The minimum absolute atomic E-state index is 0.0138. The first-order chi connectivity index (χ1) is 9.28. The number of aromatic hydroxyl groups is 1. The lowest BCUT2D eigenvalue weighted by atomic mass is 10.1. The molecule has 9 heteroatoms. The number of nitro groups is 1. The maximum atomic E-state index is 12.0. The fraction of sp³-hybridized carbons (Fsp3) is 0.364. The average Bonchev–Trinajstić information content (AvgIpc) is 2.68. The van der Waals surface area contributed by atoms with Crippen LogP contribution < -0.4 is 5.32 Å². The molecule has 8 nitrogen and oxygen atoms in total. The monoisotopic (exact) mass is 300 g/mol. The molecule has 1 aromatic carbocycles. The molecule has 0 radical (unpaired) electrons. The van der Waals surface area contributed by atoms with E-state index >= 15 is 0 Å². The van der Waals surface area contributed by atoms with Crippen LogP contribution in [0.4, 0.5) is 5.69 Å². The predicted molar refractivity (Wildman–Crippen MR) is 69.3 cm³/mol. The number of hydrogen-bond acceptors (Lipinski definition) is 6. The number of nitro benzene ring substituents is 1. The Labute approximate surface area is 114 Å². The Balaban J connectivity index is 2.21. The van der Waals surface area contributed by atoms with E-state index in [-0.39, 0.29) is 29.2 Å². The maximum absolute atomic E-state index is 12.0. The van der Waals surface area contributed by atoms with Crippen LogP contribution in [-0.4, -0.2) is 41.9 Å². The number of sulfone groups is 1. The van der Waals surface area contributed by atoms with Gasteiger partial charge in [0.25, 0.3) is 11.6 Å². The second kappa shape index (κ2) is 5.08. The van der Waals surface area contributed by atoms with Gasteiger partial charge in [0, 0.05) is 12.1 Å². The van der Waals surface area contributed by atoms with Crippen molar-refractivity contribution in [3.63, 3.8) is 0 Å². The average molecular weight is 300 g/mol. The van der Waals surface area contributed by atoms with Crippen LogP contribution in [-0.2, 0) is 9.84 Å². The molecule has 2 rings (SSSR count). The molecule has 1 aromatic rings. The van der Waals surface area contributed by atoms with Crippen LogP contribution in [0, 0.1) is 10.1 Å². The first kappa shape index (κ1) is 14.3. The molecule has 0 spiro atoms. The zero-order valence-electron chi connectivity index (χ0n) is 10.3. The van der Waals surface area contributed by atoms with Crippen LogP contribution in [0.5, 0.6) is 5.75 Å². The maximum Gasteiger partial charge on any atom is 0.282 e. The van der Waals surface area contributed by atoms with Crippen molar-refractivity contribution >= 4 is 21.4 Å². The lowest BCUT2D eigenvalue weighted by molar-refractivity contribution is -0.385. The zero-order valence-corrected chi connectivity index (χ0v) is 11.1. The number of carbonyl (C=O) groups excluding carboxylic acids is 1. The van der Waals surface area contributed by atoms with Crippen molar-refractivity contribution in [2.24, 2.45) is 0 Å². The smallest absolute Gasteiger partial charge is 0.282 e. The SMILES string of the molecule is O=C(NC1CCS(=O)(=O)C1)c1cc(O)ccc1[N+](=O)[O-]. The van der Waals surface area contributed by atoms with Crippen molar-refractivity contribution < 1.29 is 23.2 Å². The van der Waals surface area contributed by atoms with E-state index in [1.165, 1.54) is 0 Å². The molecule has 0 saturated carbocycles. The number of phenols is 1. The summed E-state index contributed by atoms with van der Waals surface area (Å²) in [4.78, 5) is 22.1. The van der Waals surface area contributed by atoms with Gasteiger partial charge in [-0.3, -0.25) is 14.9 Å². The lowest BCUT2D eigenvalue weighted by Crippen LogP contribution is -2.35. The van der Waals surface area contributed by atoms with E-state index in [4.69, 9.17) is 0 Å². The molecular weight excluding hydrogens is 288 g/mol. The largest absolute Gasteiger partial charge is 0.508 e. The Hall–Kier alpha value is -2.16. The number of phenolic OH excluding ortho intramolecular Hbond substituents is 1. The van der Waals surface area contributed by atoms with Gasteiger partial charge < -0.3 is 10.4 Å². The Morgan fingerprint density at radius 1 is 1.45 bits per heavy atom. The van der Waals surface area contributed by atoms with E-state index in [0.29, 0.717) is 0 Å². The van der Waals surface area contributed by atoms with E-state index in [0.717, 1.165) is 18.2 Å². The first-order valence-corrected chi connectivity index (χ1v) is 7.59. The molecule has 1 unspecified atom stereocenters. The van der Waals surface area contributed by atoms with E-state index < -0.39 is 32.4 Å². The van der Waals surface area contributed by atoms with E-state index in [2.05, 4.69) is 5.32 Å². The minimum Gasteiger partial charge on any atom is -0.508 e. The van der Waals surface area contributed by atoms with Crippen LogP contribution in [0.15, 0.2) is 18.2 Å². The quantitative estimate of drug-likeness (QED) is 0.607. The number of hydrogen-bond donors (Lipinski definition) is 2. The highest BCUT2D eigenvalue weighted by Crippen LogP contribution is 2.23. The second-order valence-corrected chi connectivity index (χ2v) is 6.76. The van der Waals surface area contributed by atoms with Crippen LogP contribution >= 0.6 is 0 Å². The second-order valence-electron chi connectivity index (χ2n) is 4.53. The molecule has 0 aromatic heterocycles. The summed E-state index contributed by atoms with van der Waals surface area (Å²) in [5.41, 5.74) is -0.736. The third kappa shape index (κ3) is 3.05. The fourth-order valence-electron chi connectivity index (χ4n) is 2.04. The molecule has 108 valence electrons. The number of carbonyl (C=O) groups is 1. The van der Waals surface area contributed by atoms with Crippen LogP contribution in [0.3, 0.4) is 0 Å². The van der Waals surface area contributed by atoms with Crippen molar-refractivity contribution in [2.75, 3.05) is 11.5 Å². The molecule has 0 aliphatic carbocycles. The highest BCUT2D eigenvalue weighted by Gasteiger charge is 2.30. The van der Waals surface area contributed by atoms with Crippen LogP contribution in [0.2, 0.25) is 0 Å². The highest BCUT2D eigenvalue weighted by molar-refractivity contribution is 7.91. The predicted octanol–water partition coefficient (Wildman–Crippen LogP) is 0.217. The summed E-state index contributed by atoms with van der Waals surface area (Å²) in [5.74, 6) is -1.24. The summed E-state index contributed by atoms with van der Waals surface area (Å²) < 4.78 is 22.6. The summed E-state index contributed by atoms with van der Waals surface area (Å²) >= 11 is 0. The van der Waals surface area contributed by atoms with Crippen molar-refractivity contribution in [1.29, 1.82) is 0 Å². The molecule has 20 heavy (non-hydrogen) atoms. The number of benzene rings is 1. The molecule has 1 fully saturated rings. The Morgan fingerprint density at radius 3 is 2.70 bits per heavy atom. The molecule has 2 N–H and O–H groups in total. The third-order valence-corrected chi connectivity index (χ3v) is 4.76. The van der Waals surface area contributed by atoms with Crippen LogP contribution in [0.25, 0.3) is 0 Å². The van der Waals surface area contributed by atoms with Gasteiger partial charge in [0.2, 0.25) is 0 Å². The van der Waals surface area contributed by atoms with Crippen molar-refractivity contribution in [1.82, 2.24) is 5.32 Å². The summed E-state index contributed by atoms with van der Waals surface area (Å²) in [7, 11) is -3.16. The van der Waals surface area contributed by atoms with Gasteiger partial charge in [0.05, 0.1) is 16.4 Å². The number of nitrogens with zero attached hydrogens (tertiary/aromatic N) is 1. The normalized spacial score (nSPS) is 20.5. The Bertz CT molecular complexity index is 669. The van der Waals surface area contributed by atoms with Crippen molar-refractivity contribution in [2.45, 2.75) is 12.5 Å². The summed E-state index contributed by atoms with van der Waals surface area (Å²) in [5, 5.41) is 22.6. The topological polar surface area (TPSA) is 127 Å². The van der Waals surface area contributed by atoms with E-state index in [1.807, 2.05) is 0 Å². The molecule has 1 heterocycles. The molecule has 1 aliphatic rings. The summed E-state index contributed by atoms with van der Waals surface area (Å²) in [6.07, 6.45) is 0.278. The van der Waals surface area contributed by atoms with Crippen molar-refractivity contribution in [3.05, 3.63) is 33.9 Å². The standard InChI is InChI=1S/C11H12N2O6S/c14-8-1-2-10(13(16)17)9(5-8)11(15)12-7-3-4-20(18,19)6-7/h1-2,5,7,14H,3-4,6H2,(H,12,15). The number of nitrogens with one attached hydrogen (secondary N) is 1. The number of rotatable bonds is 3. The van der Waals surface area contributed by atoms with Gasteiger partial charge in [-0.15, -0.1) is 0 Å². The molecule has 0 bridgehead atoms. The highest BCUT2D eigenvalue weighted by atomic mass is 32.2. The number of amides is 1. The van der Waals surface area contributed by atoms with Gasteiger partial charge in [-0.05, 0) is 18.6 Å². The van der Waals surface area contributed by atoms with Gasteiger partial charge in [-0.25, -0.2) is 8.42 Å². The molecule has 1 saturated heterocycles. The van der Waals surface area contributed by atoms with Gasteiger partial charge >= 0.3 is 0 Å². The third-order valence-electron chi connectivity index (χ3n) is 2.99. The van der Waals surface area contributed by atoms with Gasteiger partial charge in [0.1, 0.15) is 11.3 Å². The van der Waals surface area contributed by atoms with E-state index in [9.17, 15) is 28.4 Å². The molecule has 1 atom stereocenters. The first-order valence-electron chi connectivity index (χ1n) is 5.77. The fourth-order valence-corrected chi connectivity index (χ4v) is 3.71. The Morgan fingerprint density at radius 2 is 2.15 bits per heavy atom. The van der Waals surface area contributed by atoms with Gasteiger partial charge in [-0.2, -0.15) is 0 Å². The summed E-state index contributed by atoms with van der Waals surface area (Å²) in [6.45, 7) is 0. The van der Waals surface area contributed by atoms with Gasteiger partial charge in [-0.1, -0.05) is 0 Å². The zero-order chi connectivity index (χ0) is 14.9. The van der Waals surface area contributed by atoms with Crippen molar-refractivity contribution in [3.8, 4) is 5.75 Å². The lowest BCUT2D eigenvalue weighted by Gasteiger charge is -2.11. The van der Waals surface area contributed by atoms with Gasteiger partial charge in [0.15, 0.2) is 9.84 Å². The molecular formula is C11H12N2O6S. The minimum atomic E-state index is -3.16. The Kier molecular flexibility index (Phi) is 3.62. The molecule has 1 amide bonds. The summed E-state index contributed by atoms with van der Waals surface area (Å²) in [6, 6.07) is 2.55. The molecule has 1 aliphatic heterocycles. The van der Waals surface area contributed by atoms with Crippen LogP contribution in [0.1, 0.15) is 16.8 Å². The van der Waals surface area contributed by atoms with E-state index in [1.54, 1.807) is 0 Å².